The van der Waals surface area contributed by atoms with Gasteiger partial charge in [-0.3, -0.25) is 4.90 Å². The summed E-state index contributed by atoms with van der Waals surface area (Å²) in [5.74, 6) is 0. The molecule has 0 spiro atoms. The van der Waals surface area contributed by atoms with Crippen molar-refractivity contribution in [1.82, 2.24) is 9.88 Å². The fourth-order valence-electron chi connectivity index (χ4n) is 2.16. The van der Waals surface area contributed by atoms with Gasteiger partial charge in [-0.1, -0.05) is 25.4 Å². The van der Waals surface area contributed by atoms with E-state index in [1.807, 2.05) is 12.1 Å². The van der Waals surface area contributed by atoms with Gasteiger partial charge in [0.15, 0.2) is 0 Å². The Hall–Kier alpha value is -0.600. The zero-order valence-corrected chi connectivity index (χ0v) is 10.1. The zero-order chi connectivity index (χ0) is 10.9. The van der Waals surface area contributed by atoms with E-state index in [4.69, 9.17) is 11.6 Å². The summed E-state index contributed by atoms with van der Waals surface area (Å²) in [5.41, 5.74) is 1.73. The number of pyridine rings is 1. The molecule has 0 radical (unpaired) electrons. The third kappa shape index (κ3) is 2.93. The minimum Gasteiger partial charge on any atom is -0.299 e. The molecule has 1 aromatic heterocycles. The minimum absolute atomic E-state index is 0.469. The van der Waals surface area contributed by atoms with Gasteiger partial charge < -0.3 is 0 Å². The lowest BCUT2D eigenvalue weighted by Crippen LogP contribution is -2.22. The fraction of sp³-hybridized carbons (Fsp3) is 0.583. The maximum absolute atomic E-state index is 5.86. The maximum atomic E-state index is 5.86. The zero-order valence-electron chi connectivity index (χ0n) is 9.33. The van der Waals surface area contributed by atoms with Crippen LogP contribution in [-0.2, 0) is 6.54 Å². The van der Waals surface area contributed by atoms with Crippen molar-refractivity contribution < 1.29 is 0 Å². The molecule has 0 N–H and O–H groups in total. The standard InChI is InChI=1S/C12H17ClN2/c1-12(2)4-6-15(9-12)8-10-3-5-14-11(13)7-10/h3,5,7H,4,6,8-9H2,1-2H3. The molecule has 1 fully saturated rings. The van der Waals surface area contributed by atoms with Crippen LogP contribution in [0.3, 0.4) is 0 Å². The highest BCUT2D eigenvalue weighted by Crippen LogP contribution is 2.29. The van der Waals surface area contributed by atoms with Crippen molar-refractivity contribution in [2.75, 3.05) is 13.1 Å². The molecule has 2 nitrogen and oxygen atoms in total. The normalized spacial score (nSPS) is 20.7. The number of nitrogens with zero attached hydrogens (tertiary/aromatic N) is 2. The van der Waals surface area contributed by atoms with Gasteiger partial charge >= 0.3 is 0 Å². The Balaban J connectivity index is 1.99. The van der Waals surface area contributed by atoms with Gasteiger partial charge in [0.1, 0.15) is 5.15 Å². The molecule has 1 aromatic rings. The molecule has 15 heavy (non-hydrogen) atoms. The van der Waals surface area contributed by atoms with E-state index in [0.29, 0.717) is 10.6 Å². The van der Waals surface area contributed by atoms with E-state index >= 15 is 0 Å². The summed E-state index contributed by atoms with van der Waals surface area (Å²) in [6.07, 6.45) is 3.06. The Morgan fingerprint density at radius 3 is 2.93 bits per heavy atom. The molecule has 2 rings (SSSR count). The Bertz CT molecular complexity index is 349. The lowest BCUT2D eigenvalue weighted by atomic mass is 9.93. The Morgan fingerprint density at radius 1 is 1.53 bits per heavy atom. The summed E-state index contributed by atoms with van der Waals surface area (Å²) in [6.45, 7) is 8.00. The van der Waals surface area contributed by atoms with Crippen molar-refractivity contribution in [3.8, 4) is 0 Å². The monoisotopic (exact) mass is 224 g/mol. The molecular formula is C12H17ClN2. The van der Waals surface area contributed by atoms with Crippen LogP contribution in [0.25, 0.3) is 0 Å². The summed E-state index contributed by atoms with van der Waals surface area (Å²) in [5, 5.41) is 0.589. The Labute approximate surface area is 96.3 Å². The molecule has 1 aliphatic rings. The molecule has 3 heteroatoms. The van der Waals surface area contributed by atoms with Crippen LogP contribution < -0.4 is 0 Å². The topological polar surface area (TPSA) is 16.1 Å². The number of rotatable bonds is 2. The van der Waals surface area contributed by atoms with Crippen LogP contribution in [0.15, 0.2) is 18.3 Å². The Morgan fingerprint density at radius 2 is 2.33 bits per heavy atom. The van der Waals surface area contributed by atoms with Gasteiger partial charge in [0.05, 0.1) is 0 Å². The predicted molar refractivity (Wildman–Crippen MR) is 62.9 cm³/mol. The summed E-state index contributed by atoms with van der Waals surface area (Å²) in [6, 6.07) is 3.99. The first kappa shape index (κ1) is 10.9. The quantitative estimate of drug-likeness (QED) is 0.719. The highest BCUT2D eigenvalue weighted by molar-refractivity contribution is 6.29. The van der Waals surface area contributed by atoms with Crippen LogP contribution in [-0.4, -0.2) is 23.0 Å². The molecule has 2 heterocycles. The van der Waals surface area contributed by atoms with Gasteiger partial charge in [-0.25, -0.2) is 4.98 Å². The van der Waals surface area contributed by atoms with Crippen molar-refractivity contribution in [2.45, 2.75) is 26.8 Å². The minimum atomic E-state index is 0.469. The molecular weight excluding hydrogens is 208 g/mol. The number of halogens is 1. The van der Waals surface area contributed by atoms with Gasteiger partial charge in [-0.05, 0) is 36.1 Å². The second-order valence-electron chi connectivity index (χ2n) is 5.11. The molecule has 0 unspecified atom stereocenters. The molecule has 82 valence electrons. The highest BCUT2D eigenvalue weighted by Gasteiger charge is 2.28. The van der Waals surface area contributed by atoms with Crippen LogP contribution in [0.1, 0.15) is 25.8 Å². The van der Waals surface area contributed by atoms with E-state index < -0.39 is 0 Å². The van der Waals surface area contributed by atoms with Crippen molar-refractivity contribution in [3.05, 3.63) is 29.0 Å². The van der Waals surface area contributed by atoms with E-state index in [2.05, 4.69) is 23.7 Å². The highest BCUT2D eigenvalue weighted by atomic mass is 35.5. The summed E-state index contributed by atoms with van der Waals surface area (Å²) in [4.78, 5) is 6.47. The van der Waals surface area contributed by atoms with Crippen LogP contribution in [0.2, 0.25) is 5.15 Å². The van der Waals surface area contributed by atoms with E-state index in [0.717, 1.165) is 6.54 Å². The molecule has 0 saturated carbocycles. The third-order valence-corrected chi connectivity index (χ3v) is 3.16. The first-order valence-corrected chi connectivity index (χ1v) is 5.76. The molecule has 1 aliphatic heterocycles. The predicted octanol–water partition coefficient (Wildman–Crippen LogP) is 2.97. The summed E-state index contributed by atoms with van der Waals surface area (Å²) < 4.78 is 0. The Kier molecular flexibility index (Phi) is 2.98. The maximum Gasteiger partial charge on any atom is 0.129 e. The van der Waals surface area contributed by atoms with Gasteiger partial charge in [0, 0.05) is 19.3 Å². The summed E-state index contributed by atoms with van der Waals surface area (Å²) in [7, 11) is 0. The van der Waals surface area contributed by atoms with E-state index in [-0.39, 0.29) is 0 Å². The number of aromatic nitrogens is 1. The van der Waals surface area contributed by atoms with Crippen molar-refractivity contribution in [1.29, 1.82) is 0 Å². The smallest absolute Gasteiger partial charge is 0.129 e. The van der Waals surface area contributed by atoms with E-state index in [9.17, 15) is 0 Å². The first-order chi connectivity index (χ1) is 7.05. The lowest BCUT2D eigenvalue weighted by Gasteiger charge is -2.19. The third-order valence-electron chi connectivity index (χ3n) is 2.95. The van der Waals surface area contributed by atoms with Crippen LogP contribution >= 0.6 is 11.6 Å². The van der Waals surface area contributed by atoms with E-state index in [1.165, 1.54) is 25.1 Å². The molecule has 0 bridgehead atoms. The number of likely N-dealkylation sites (tertiary alicyclic amines) is 1. The number of hydrogen-bond donors (Lipinski definition) is 0. The van der Waals surface area contributed by atoms with Crippen LogP contribution in [0.4, 0.5) is 0 Å². The van der Waals surface area contributed by atoms with E-state index in [1.54, 1.807) is 6.20 Å². The first-order valence-electron chi connectivity index (χ1n) is 5.38. The lowest BCUT2D eigenvalue weighted by molar-refractivity contribution is 0.284. The largest absolute Gasteiger partial charge is 0.299 e. The number of hydrogen-bond acceptors (Lipinski definition) is 2. The molecule has 0 amide bonds. The fourth-order valence-corrected chi connectivity index (χ4v) is 2.35. The average molecular weight is 225 g/mol. The molecule has 0 aliphatic carbocycles. The van der Waals surface area contributed by atoms with Gasteiger partial charge in [-0.15, -0.1) is 0 Å². The van der Waals surface area contributed by atoms with Crippen molar-refractivity contribution in [2.24, 2.45) is 5.41 Å². The van der Waals surface area contributed by atoms with Gasteiger partial charge in [-0.2, -0.15) is 0 Å². The van der Waals surface area contributed by atoms with Crippen molar-refractivity contribution in [3.63, 3.8) is 0 Å². The SMILES string of the molecule is CC1(C)CCN(Cc2ccnc(Cl)c2)C1. The summed E-state index contributed by atoms with van der Waals surface area (Å²) >= 11 is 5.86. The molecule has 0 aromatic carbocycles. The second-order valence-corrected chi connectivity index (χ2v) is 5.50. The van der Waals surface area contributed by atoms with Crippen molar-refractivity contribution >= 4 is 11.6 Å². The molecule has 0 atom stereocenters. The van der Waals surface area contributed by atoms with Crippen LogP contribution in [0.5, 0.6) is 0 Å². The van der Waals surface area contributed by atoms with Gasteiger partial charge in [0.2, 0.25) is 0 Å². The molecule has 1 saturated heterocycles. The second kappa shape index (κ2) is 4.11. The van der Waals surface area contributed by atoms with Gasteiger partial charge in [0.25, 0.3) is 0 Å². The van der Waals surface area contributed by atoms with Crippen LogP contribution in [0, 0.1) is 5.41 Å². The average Bonchev–Trinajstić information content (AvgIpc) is 2.45.